The van der Waals surface area contributed by atoms with Gasteiger partial charge in [0.05, 0.1) is 18.7 Å². The third-order valence-corrected chi connectivity index (χ3v) is 3.85. The first-order valence-electron chi connectivity index (χ1n) is 8.39. The Labute approximate surface area is 164 Å². The largest absolute Gasteiger partial charge is 0.493 e. The summed E-state index contributed by atoms with van der Waals surface area (Å²) < 4.78 is 10.4. The van der Waals surface area contributed by atoms with Gasteiger partial charge in [-0.15, -0.1) is 0 Å². The van der Waals surface area contributed by atoms with E-state index in [1.807, 2.05) is 0 Å². The van der Waals surface area contributed by atoms with Gasteiger partial charge in [0.25, 0.3) is 17.4 Å². The molecule has 0 fully saturated rings. The number of carbonyl (C=O) groups is 2. The number of primary amides is 1. The van der Waals surface area contributed by atoms with Crippen molar-refractivity contribution in [3.8, 4) is 11.5 Å². The van der Waals surface area contributed by atoms with E-state index in [1.165, 1.54) is 13.3 Å². The van der Waals surface area contributed by atoms with Gasteiger partial charge in [-0.05, 0) is 29.8 Å². The van der Waals surface area contributed by atoms with Crippen LogP contribution in [-0.4, -0.2) is 41.9 Å². The van der Waals surface area contributed by atoms with Crippen LogP contribution in [0.15, 0.2) is 52.4 Å². The van der Waals surface area contributed by atoms with E-state index in [2.05, 4.69) is 20.7 Å². The molecule has 0 aliphatic rings. The quantitative estimate of drug-likeness (QED) is 0.393. The highest BCUT2D eigenvalue weighted by Gasteiger charge is 2.13. The Kier molecular flexibility index (Phi) is 5.83. The number of hydrogen-bond acceptors (Lipinski definition) is 7. The van der Waals surface area contributed by atoms with Gasteiger partial charge >= 0.3 is 0 Å². The number of fused-ring (bicyclic) bond motifs is 1. The molecule has 0 atom stereocenters. The standard InChI is InChI=1S/C19H17N5O5/c1-28-15-8-11(6-7-14(15)29-10-16(20)25)9-21-23-19(27)17-12-4-2-3-5-13(12)18(26)24-22-17/h2-9H,10H2,1H3,(H2,20,25)(H,23,27)(H,24,26)/b21-9-. The molecule has 0 spiro atoms. The third kappa shape index (κ3) is 4.56. The Hall–Kier alpha value is -4.21. The summed E-state index contributed by atoms with van der Waals surface area (Å²) in [7, 11) is 1.45. The second-order valence-corrected chi connectivity index (χ2v) is 5.81. The number of aromatic nitrogens is 2. The molecule has 0 saturated carbocycles. The Morgan fingerprint density at radius 1 is 1.21 bits per heavy atom. The van der Waals surface area contributed by atoms with Crippen LogP contribution in [-0.2, 0) is 4.79 Å². The van der Waals surface area contributed by atoms with Gasteiger partial charge in [0.1, 0.15) is 0 Å². The molecule has 1 aromatic heterocycles. The molecule has 10 heteroatoms. The van der Waals surface area contributed by atoms with Gasteiger partial charge in [-0.3, -0.25) is 14.4 Å². The van der Waals surface area contributed by atoms with Crippen molar-refractivity contribution >= 4 is 28.8 Å². The fourth-order valence-corrected chi connectivity index (χ4v) is 2.54. The number of ether oxygens (including phenoxy) is 2. The fourth-order valence-electron chi connectivity index (χ4n) is 2.54. The predicted octanol–water partition coefficient (Wildman–Crippen LogP) is 0.560. The van der Waals surface area contributed by atoms with E-state index in [1.54, 1.807) is 42.5 Å². The number of nitrogens with zero attached hydrogens (tertiary/aromatic N) is 2. The average molecular weight is 395 g/mol. The van der Waals surface area contributed by atoms with Gasteiger partial charge in [-0.25, -0.2) is 10.5 Å². The van der Waals surface area contributed by atoms with Crippen LogP contribution in [0.2, 0.25) is 0 Å². The topological polar surface area (TPSA) is 149 Å². The third-order valence-electron chi connectivity index (χ3n) is 3.85. The van der Waals surface area contributed by atoms with Crippen molar-refractivity contribution in [1.82, 2.24) is 15.6 Å². The summed E-state index contributed by atoms with van der Waals surface area (Å²) in [4.78, 5) is 35.0. The van der Waals surface area contributed by atoms with Gasteiger partial charge < -0.3 is 15.2 Å². The van der Waals surface area contributed by atoms with E-state index >= 15 is 0 Å². The maximum absolute atomic E-state index is 12.4. The van der Waals surface area contributed by atoms with Crippen LogP contribution in [0.25, 0.3) is 10.8 Å². The molecular weight excluding hydrogens is 378 g/mol. The summed E-state index contributed by atoms with van der Waals surface area (Å²) in [6.07, 6.45) is 1.39. The number of hydrazone groups is 1. The van der Waals surface area contributed by atoms with E-state index in [4.69, 9.17) is 15.2 Å². The van der Waals surface area contributed by atoms with Gasteiger partial charge in [-0.2, -0.15) is 10.2 Å². The van der Waals surface area contributed by atoms with E-state index in [9.17, 15) is 14.4 Å². The van der Waals surface area contributed by atoms with Crippen molar-refractivity contribution in [2.24, 2.45) is 10.8 Å². The van der Waals surface area contributed by atoms with Crippen molar-refractivity contribution in [3.05, 3.63) is 64.1 Å². The Bertz CT molecular complexity index is 1160. The highest BCUT2D eigenvalue weighted by molar-refractivity contribution is 6.04. The van der Waals surface area contributed by atoms with Gasteiger partial charge in [0.2, 0.25) is 0 Å². The highest BCUT2D eigenvalue weighted by atomic mass is 16.5. The number of aromatic amines is 1. The van der Waals surface area contributed by atoms with Gasteiger partial charge in [-0.1, -0.05) is 18.2 Å². The number of hydrogen-bond donors (Lipinski definition) is 3. The number of carbonyl (C=O) groups excluding carboxylic acids is 2. The summed E-state index contributed by atoms with van der Waals surface area (Å²) in [5, 5.41) is 10.8. The highest BCUT2D eigenvalue weighted by Crippen LogP contribution is 2.27. The average Bonchev–Trinajstić information content (AvgIpc) is 2.73. The molecule has 0 aliphatic carbocycles. The summed E-state index contributed by atoms with van der Waals surface area (Å²) in [5.74, 6) is -0.475. The second kappa shape index (κ2) is 8.65. The molecule has 148 valence electrons. The lowest BCUT2D eigenvalue weighted by Crippen LogP contribution is -2.22. The summed E-state index contributed by atoms with van der Waals surface area (Å²) in [6, 6.07) is 11.5. The van der Waals surface area contributed by atoms with Crippen LogP contribution in [0, 0.1) is 0 Å². The number of H-pyrrole nitrogens is 1. The van der Waals surface area contributed by atoms with Crippen LogP contribution in [0.4, 0.5) is 0 Å². The number of nitrogens with two attached hydrogens (primary N) is 1. The molecule has 0 unspecified atom stereocenters. The van der Waals surface area contributed by atoms with E-state index in [-0.39, 0.29) is 17.9 Å². The molecule has 4 N–H and O–H groups in total. The minimum absolute atomic E-state index is 0.0464. The molecule has 0 aliphatic heterocycles. The van der Waals surface area contributed by atoms with Gasteiger partial charge in [0, 0.05) is 5.39 Å². The molecule has 1 heterocycles. The van der Waals surface area contributed by atoms with Crippen molar-refractivity contribution in [1.29, 1.82) is 0 Å². The zero-order chi connectivity index (χ0) is 20.8. The van der Waals surface area contributed by atoms with Crippen molar-refractivity contribution in [3.63, 3.8) is 0 Å². The van der Waals surface area contributed by atoms with Crippen LogP contribution >= 0.6 is 0 Å². The van der Waals surface area contributed by atoms with Crippen LogP contribution < -0.4 is 26.2 Å². The lowest BCUT2D eigenvalue weighted by atomic mass is 10.1. The molecule has 3 aromatic rings. The van der Waals surface area contributed by atoms with Crippen molar-refractivity contribution < 1.29 is 19.1 Å². The minimum atomic E-state index is -0.608. The summed E-state index contributed by atoms with van der Waals surface area (Å²) in [6.45, 7) is -0.278. The first kappa shape index (κ1) is 19.5. The maximum atomic E-state index is 12.4. The van der Waals surface area contributed by atoms with E-state index in [0.717, 1.165) is 0 Å². The minimum Gasteiger partial charge on any atom is -0.493 e. The molecule has 2 amide bonds. The number of benzene rings is 2. The lowest BCUT2D eigenvalue weighted by Gasteiger charge is -2.09. The van der Waals surface area contributed by atoms with Crippen LogP contribution in [0.1, 0.15) is 16.1 Å². The zero-order valence-electron chi connectivity index (χ0n) is 15.3. The molecular formula is C19H17N5O5. The van der Waals surface area contributed by atoms with E-state index < -0.39 is 11.8 Å². The zero-order valence-corrected chi connectivity index (χ0v) is 15.3. The van der Waals surface area contributed by atoms with Crippen molar-refractivity contribution in [2.75, 3.05) is 13.7 Å². The first-order chi connectivity index (χ1) is 14.0. The Morgan fingerprint density at radius 2 is 1.97 bits per heavy atom. The molecule has 0 bridgehead atoms. The number of rotatable bonds is 7. The number of methoxy groups -OCH3 is 1. The molecule has 10 nitrogen and oxygen atoms in total. The van der Waals surface area contributed by atoms with Crippen molar-refractivity contribution in [2.45, 2.75) is 0 Å². The molecule has 0 radical (unpaired) electrons. The van der Waals surface area contributed by atoms with Crippen LogP contribution in [0.3, 0.4) is 0 Å². The maximum Gasteiger partial charge on any atom is 0.292 e. The monoisotopic (exact) mass is 395 g/mol. The van der Waals surface area contributed by atoms with Gasteiger partial charge in [0.15, 0.2) is 23.8 Å². The number of amides is 2. The molecule has 2 aromatic carbocycles. The second-order valence-electron chi connectivity index (χ2n) is 5.81. The molecule has 3 rings (SSSR count). The predicted molar refractivity (Wildman–Crippen MR) is 105 cm³/mol. The number of nitrogens with one attached hydrogen (secondary N) is 2. The summed E-state index contributed by atoms with van der Waals surface area (Å²) in [5.41, 5.74) is 7.69. The summed E-state index contributed by atoms with van der Waals surface area (Å²) >= 11 is 0. The smallest absolute Gasteiger partial charge is 0.292 e. The normalized spacial score (nSPS) is 10.8. The SMILES string of the molecule is COc1cc(/C=N\NC(=O)c2n[nH]c(=O)c3ccccc23)ccc1OCC(N)=O. The molecule has 0 saturated heterocycles. The Balaban J connectivity index is 1.75. The fraction of sp³-hybridized carbons (Fsp3) is 0.105. The first-order valence-corrected chi connectivity index (χ1v) is 8.39. The lowest BCUT2D eigenvalue weighted by molar-refractivity contribution is -0.119. The Morgan fingerprint density at radius 3 is 2.69 bits per heavy atom. The molecule has 29 heavy (non-hydrogen) atoms. The van der Waals surface area contributed by atoms with E-state index in [0.29, 0.717) is 27.8 Å². The van der Waals surface area contributed by atoms with Crippen LogP contribution in [0.5, 0.6) is 11.5 Å².